The minimum absolute atomic E-state index is 0. The topological polar surface area (TPSA) is 102 Å². The summed E-state index contributed by atoms with van der Waals surface area (Å²) >= 11 is 0. The highest BCUT2D eigenvalue weighted by Crippen LogP contribution is 2.23. The maximum absolute atomic E-state index is 13.9. The van der Waals surface area contributed by atoms with E-state index in [2.05, 4.69) is 5.32 Å². The number of carbonyl (C=O) groups is 1. The number of sulfonamides is 1. The van der Waals surface area contributed by atoms with Crippen LogP contribution in [0.3, 0.4) is 0 Å². The number of halogens is 2. The Morgan fingerprint density at radius 3 is 2.57 bits per heavy atom. The van der Waals surface area contributed by atoms with Gasteiger partial charge in [-0.2, -0.15) is 4.31 Å². The molecule has 1 fully saturated rings. The Kier molecular flexibility index (Phi) is 6.90. The lowest BCUT2D eigenvalue weighted by Gasteiger charge is -2.26. The van der Waals surface area contributed by atoms with Gasteiger partial charge in [-0.1, -0.05) is 0 Å². The fraction of sp³-hybridized carbons (Fsp3) is 0.462. The molecule has 2 rings (SSSR count). The minimum atomic E-state index is -3.98. The standard InChI is InChI=1S/C13H18FN3O4S.ClH/c1-9(15)13(18)16-10-2-3-11(14)12(8-10)22(19,20)17-4-6-21-7-5-17;/h2-3,8-9H,4-7,15H2,1H3,(H,16,18);1H/t9-;/m0./s1. The van der Waals surface area contributed by atoms with Crippen molar-refractivity contribution in [1.82, 2.24) is 4.31 Å². The lowest BCUT2D eigenvalue weighted by molar-refractivity contribution is -0.117. The molecule has 0 radical (unpaired) electrons. The van der Waals surface area contributed by atoms with E-state index in [-0.39, 0.29) is 44.4 Å². The van der Waals surface area contributed by atoms with Crippen LogP contribution in [-0.4, -0.2) is 51.0 Å². The Morgan fingerprint density at radius 2 is 2.00 bits per heavy atom. The number of anilines is 1. The van der Waals surface area contributed by atoms with Gasteiger partial charge in [-0.3, -0.25) is 4.79 Å². The quantitative estimate of drug-likeness (QED) is 0.809. The summed E-state index contributed by atoms with van der Waals surface area (Å²) in [5.41, 5.74) is 5.60. The molecule has 1 aliphatic heterocycles. The van der Waals surface area contributed by atoms with Crippen molar-refractivity contribution in [1.29, 1.82) is 0 Å². The molecule has 3 N–H and O–H groups in total. The number of hydrogen-bond donors (Lipinski definition) is 2. The molecule has 23 heavy (non-hydrogen) atoms. The molecule has 1 aliphatic rings. The molecular weight excluding hydrogens is 349 g/mol. The first-order chi connectivity index (χ1) is 10.3. The van der Waals surface area contributed by atoms with Crippen LogP contribution in [0.2, 0.25) is 0 Å². The van der Waals surface area contributed by atoms with Crippen LogP contribution in [0.25, 0.3) is 0 Å². The molecule has 130 valence electrons. The number of ether oxygens (including phenoxy) is 1. The van der Waals surface area contributed by atoms with E-state index in [1.807, 2.05) is 0 Å². The van der Waals surface area contributed by atoms with Crippen molar-refractivity contribution in [3.05, 3.63) is 24.0 Å². The van der Waals surface area contributed by atoms with Gasteiger partial charge >= 0.3 is 0 Å². The number of benzene rings is 1. The third kappa shape index (κ3) is 4.61. The zero-order valence-corrected chi connectivity index (χ0v) is 14.1. The average molecular weight is 368 g/mol. The molecule has 0 aliphatic carbocycles. The summed E-state index contributed by atoms with van der Waals surface area (Å²) in [6, 6.07) is 2.63. The molecule has 10 heteroatoms. The highest BCUT2D eigenvalue weighted by Gasteiger charge is 2.29. The van der Waals surface area contributed by atoms with Gasteiger partial charge in [0.2, 0.25) is 15.9 Å². The summed E-state index contributed by atoms with van der Waals surface area (Å²) < 4.78 is 45.1. The molecule has 7 nitrogen and oxygen atoms in total. The molecule has 1 amide bonds. The number of morpholine rings is 1. The second-order valence-corrected chi connectivity index (χ2v) is 6.85. The average Bonchev–Trinajstić information content (AvgIpc) is 2.49. The van der Waals surface area contributed by atoms with E-state index >= 15 is 0 Å². The number of rotatable bonds is 4. The smallest absolute Gasteiger partial charge is 0.246 e. The number of carbonyl (C=O) groups excluding carboxylic acids is 1. The van der Waals surface area contributed by atoms with Crippen LogP contribution in [0.4, 0.5) is 10.1 Å². The van der Waals surface area contributed by atoms with Crippen LogP contribution in [-0.2, 0) is 19.6 Å². The first-order valence-corrected chi connectivity index (χ1v) is 8.20. The molecule has 0 bridgehead atoms. The van der Waals surface area contributed by atoms with Crippen molar-refractivity contribution in [3.63, 3.8) is 0 Å². The van der Waals surface area contributed by atoms with Crippen LogP contribution in [0, 0.1) is 5.82 Å². The summed E-state index contributed by atoms with van der Waals surface area (Å²) in [5.74, 6) is -1.35. The van der Waals surface area contributed by atoms with Crippen molar-refractivity contribution >= 4 is 34.0 Å². The van der Waals surface area contributed by atoms with Crippen LogP contribution in [0.5, 0.6) is 0 Å². The highest BCUT2D eigenvalue weighted by molar-refractivity contribution is 7.89. The van der Waals surface area contributed by atoms with Gasteiger partial charge in [0, 0.05) is 18.8 Å². The van der Waals surface area contributed by atoms with Gasteiger partial charge in [0.05, 0.1) is 19.3 Å². The number of nitrogens with one attached hydrogen (secondary N) is 1. The fourth-order valence-corrected chi connectivity index (χ4v) is 3.46. The lowest BCUT2D eigenvalue weighted by atomic mass is 10.3. The van der Waals surface area contributed by atoms with Crippen molar-refractivity contribution in [3.8, 4) is 0 Å². The second-order valence-electron chi connectivity index (χ2n) is 4.94. The Hall–Kier alpha value is -1.26. The van der Waals surface area contributed by atoms with Crippen LogP contribution >= 0.6 is 12.4 Å². The normalized spacial score (nSPS) is 17.2. The predicted molar refractivity (Wildman–Crippen MR) is 85.5 cm³/mol. The largest absolute Gasteiger partial charge is 0.379 e. The Morgan fingerprint density at radius 1 is 1.39 bits per heavy atom. The maximum Gasteiger partial charge on any atom is 0.246 e. The van der Waals surface area contributed by atoms with Crippen molar-refractivity contribution in [2.75, 3.05) is 31.6 Å². The van der Waals surface area contributed by atoms with E-state index in [0.717, 1.165) is 16.4 Å². The molecular formula is C13H19ClFN3O4S. The SMILES string of the molecule is C[C@H](N)C(=O)Nc1ccc(F)c(S(=O)(=O)N2CCOCC2)c1.Cl. The van der Waals surface area contributed by atoms with Gasteiger partial charge < -0.3 is 15.8 Å². The van der Waals surface area contributed by atoms with E-state index in [4.69, 9.17) is 10.5 Å². The summed E-state index contributed by atoms with van der Waals surface area (Å²) in [4.78, 5) is 11.1. The zero-order chi connectivity index (χ0) is 16.3. The van der Waals surface area contributed by atoms with E-state index in [9.17, 15) is 17.6 Å². The molecule has 0 saturated carbocycles. The number of amides is 1. The molecule has 1 saturated heterocycles. The van der Waals surface area contributed by atoms with E-state index in [1.165, 1.54) is 13.0 Å². The third-order valence-electron chi connectivity index (χ3n) is 3.20. The van der Waals surface area contributed by atoms with E-state index < -0.39 is 32.7 Å². The molecule has 1 aromatic carbocycles. The molecule has 0 aromatic heterocycles. The fourth-order valence-electron chi connectivity index (χ4n) is 1.96. The summed E-state index contributed by atoms with van der Waals surface area (Å²) in [6.45, 7) is 2.35. The van der Waals surface area contributed by atoms with Crippen LogP contribution in [0.15, 0.2) is 23.1 Å². The Balaban J connectivity index is 0.00000264. The first kappa shape index (κ1) is 19.8. The first-order valence-electron chi connectivity index (χ1n) is 6.76. The molecule has 1 atom stereocenters. The van der Waals surface area contributed by atoms with Gasteiger partial charge in [0.1, 0.15) is 10.7 Å². The molecule has 1 heterocycles. The summed E-state index contributed by atoms with van der Waals surface area (Å²) in [7, 11) is -3.98. The number of nitrogens with two attached hydrogens (primary N) is 1. The van der Waals surface area contributed by atoms with Gasteiger partial charge in [0.25, 0.3) is 0 Å². The van der Waals surface area contributed by atoms with Crippen molar-refractivity contribution in [2.45, 2.75) is 17.9 Å². The monoisotopic (exact) mass is 367 g/mol. The minimum Gasteiger partial charge on any atom is -0.379 e. The second kappa shape index (κ2) is 8.02. The van der Waals surface area contributed by atoms with E-state index in [1.54, 1.807) is 0 Å². The highest BCUT2D eigenvalue weighted by atomic mass is 35.5. The third-order valence-corrected chi connectivity index (χ3v) is 5.11. The lowest BCUT2D eigenvalue weighted by Crippen LogP contribution is -2.41. The summed E-state index contributed by atoms with van der Waals surface area (Å²) in [5, 5.41) is 2.45. The van der Waals surface area contributed by atoms with Crippen LogP contribution in [0.1, 0.15) is 6.92 Å². The van der Waals surface area contributed by atoms with Gasteiger partial charge in [-0.05, 0) is 25.1 Å². The van der Waals surface area contributed by atoms with Gasteiger partial charge in [-0.15, -0.1) is 12.4 Å². The molecule has 0 unspecified atom stereocenters. The number of nitrogens with zero attached hydrogens (tertiary/aromatic N) is 1. The van der Waals surface area contributed by atoms with Gasteiger partial charge in [0.15, 0.2) is 0 Å². The van der Waals surface area contributed by atoms with Crippen molar-refractivity contribution in [2.24, 2.45) is 5.73 Å². The Bertz CT molecular complexity index is 663. The molecule has 1 aromatic rings. The van der Waals surface area contributed by atoms with E-state index in [0.29, 0.717) is 0 Å². The predicted octanol–water partition coefficient (Wildman–Crippen LogP) is 0.554. The van der Waals surface area contributed by atoms with Crippen molar-refractivity contribution < 1.29 is 22.3 Å². The number of hydrogen-bond acceptors (Lipinski definition) is 5. The summed E-state index contributed by atoms with van der Waals surface area (Å²) in [6.07, 6.45) is 0. The molecule has 0 spiro atoms. The maximum atomic E-state index is 13.9. The zero-order valence-electron chi connectivity index (χ0n) is 12.5. The van der Waals surface area contributed by atoms with Crippen LogP contribution < -0.4 is 11.1 Å². The Labute approximate surface area is 140 Å². The van der Waals surface area contributed by atoms with Gasteiger partial charge in [-0.25, -0.2) is 12.8 Å².